The van der Waals surface area contributed by atoms with E-state index in [4.69, 9.17) is 10.5 Å². The second-order valence-corrected chi connectivity index (χ2v) is 5.81. The number of nitrogens with two attached hydrogens (primary N) is 1. The number of ether oxygens (including phenoxy) is 1. The van der Waals surface area contributed by atoms with Crippen molar-refractivity contribution in [3.63, 3.8) is 0 Å². The molecule has 2 aromatic rings. The molecule has 0 aliphatic carbocycles. The zero-order chi connectivity index (χ0) is 13.3. The molecule has 2 nitrogen and oxygen atoms in total. The van der Waals surface area contributed by atoms with Gasteiger partial charge >= 0.3 is 0 Å². The molecule has 3 rings (SSSR count). The van der Waals surface area contributed by atoms with Crippen LogP contribution in [0, 0.1) is 0 Å². The number of hydrogen-bond acceptors (Lipinski definition) is 2. The number of halogens is 1. The third-order valence-corrected chi connectivity index (χ3v) is 4.52. The molecule has 19 heavy (non-hydrogen) atoms. The van der Waals surface area contributed by atoms with Crippen molar-refractivity contribution >= 4 is 15.9 Å². The number of rotatable bonds is 3. The van der Waals surface area contributed by atoms with Gasteiger partial charge in [0, 0.05) is 11.0 Å². The first-order valence-corrected chi connectivity index (χ1v) is 7.18. The highest BCUT2D eigenvalue weighted by Crippen LogP contribution is 2.42. The number of hydrogen-bond donors (Lipinski definition) is 1. The summed E-state index contributed by atoms with van der Waals surface area (Å²) in [5, 5.41) is 0. The topological polar surface area (TPSA) is 35.2 Å². The lowest BCUT2D eigenvalue weighted by Crippen LogP contribution is -2.47. The summed E-state index contributed by atoms with van der Waals surface area (Å²) < 4.78 is 6.65. The second kappa shape index (κ2) is 5.08. The van der Waals surface area contributed by atoms with Crippen LogP contribution in [0.3, 0.4) is 0 Å². The Morgan fingerprint density at radius 2 is 1.74 bits per heavy atom. The Labute approximate surface area is 121 Å². The van der Waals surface area contributed by atoms with Crippen molar-refractivity contribution in [2.75, 3.05) is 13.2 Å². The van der Waals surface area contributed by atoms with Crippen molar-refractivity contribution in [1.29, 1.82) is 0 Å². The molecule has 0 amide bonds. The zero-order valence-corrected chi connectivity index (χ0v) is 12.2. The maximum Gasteiger partial charge on any atom is 0.0680 e. The van der Waals surface area contributed by atoms with Gasteiger partial charge < -0.3 is 10.5 Å². The van der Waals surface area contributed by atoms with Crippen LogP contribution in [0.2, 0.25) is 0 Å². The summed E-state index contributed by atoms with van der Waals surface area (Å²) in [4.78, 5) is 0. The minimum absolute atomic E-state index is 0.0206. The van der Waals surface area contributed by atoms with Gasteiger partial charge in [-0.2, -0.15) is 0 Å². The first-order valence-electron chi connectivity index (χ1n) is 6.38. The largest absolute Gasteiger partial charge is 0.379 e. The third-order valence-electron chi connectivity index (χ3n) is 3.83. The summed E-state index contributed by atoms with van der Waals surface area (Å²) in [6.45, 7) is 2.05. The average molecular weight is 318 g/mol. The first kappa shape index (κ1) is 12.9. The predicted octanol–water partition coefficient (Wildman–Crippen LogP) is 3.22. The molecule has 3 heteroatoms. The van der Waals surface area contributed by atoms with E-state index in [0.29, 0.717) is 6.54 Å². The molecule has 1 aliphatic heterocycles. The van der Waals surface area contributed by atoms with Crippen LogP contribution >= 0.6 is 15.9 Å². The van der Waals surface area contributed by atoms with Crippen LogP contribution < -0.4 is 5.73 Å². The smallest absolute Gasteiger partial charge is 0.0680 e. The van der Waals surface area contributed by atoms with Crippen LogP contribution in [0.25, 0.3) is 0 Å². The second-order valence-electron chi connectivity index (χ2n) is 4.96. The average Bonchev–Trinajstić information content (AvgIpc) is 2.40. The van der Waals surface area contributed by atoms with Crippen LogP contribution in [0.4, 0.5) is 0 Å². The fourth-order valence-corrected chi connectivity index (χ4v) is 3.26. The first-order chi connectivity index (χ1) is 9.26. The lowest BCUT2D eigenvalue weighted by atomic mass is 9.73. The maximum atomic E-state index is 5.66. The van der Waals surface area contributed by atoms with Gasteiger partial charge in [-0.3, -0.25) is 0 Å². The van der Waals surface area contributed by atoms with Gasteiger partial charge in [0.25, 0.3) is 0 Å². The van der Waals surface area contributed by atoms with E-state index in [1.54, 1.807) is 0 Å². The van der Waals surface area contributed by atoms with Crippen molar-refractivity contribution in [2.24, 2.45) is 5.73 Å². The number of benzene rings is 2. The fourth-order valence-electron chi connectivity index (χ4n) is 2.59. The van der Waals surface area contributed by atoms with Crippen LogP contribution in [0.5, 0.6) is 0 Å². The van der Waals surface area contributed by atoms with E-state index in [0.717, 1.165) is 23.2 Å². The summed E-state index contributed by atoms with van der Waals surface area (Å²) in [5.41, 5.74) is 9.38. The highest BCUT2D eigenvalue weighted by atomic mass is 79.9. The monoisotopic (exact) mass is 317 g/mol. The Hall–Kier alpha value is -1.16. The van der Waals surface area contributed by atoms with Gasteiger partial charge in [-0.15, -0.1) is 0 Å². The minimum atomic E-state index is -0.0206. The Balaban J connectivity index is 2.05. The fraction of sp³-hybridized carbons (Fsp3) is 0.250. The molecule has 2 N–H and O–H groups in total. The maximum absolute atomic E-state index is 5.66. The zero-order valence-electron chi connectivity index (χ0n) is 10.6. The summed E-state index contributed by atoms with van der Waals surface area (Å²) in [5.74, 6) is 0. The highest BCUT2D eigenvalue weighted by Gasteiger charge is 2.43. The van der Waals surface area contributed by atoms with Crippen molar-refractivity contribution in [3.8, 4) is 0 Å². The molecule has 0 saturated carbocycles. The van der Waals surface area contributed by atoms with E-state index in [-0.39, 0.29) is 5.41 Å². The van der Waals surface area contributed by atoms with Crippen LogP contribution in [0.15, 0.2) is 53.0 Å². The van der Waals surface area contributed by atoms with E-state index in [1.807, 2.05) is 6.07 Å². The molecule has 0 radical (unpaired) electrons. The van der Waals surface area contributed by atoms with E-state index >= 15 is 0 Å². The molecular formula is C16H16BrNO. The van der Waals surface area contributed by atoms with E-state index < -0.39 is 0 Å². The molecule has 0 aromatic heterocycles. The predicted molar refractivity (Wildman–Crippen MR) is 80.1 cm³/mol. The summed E-state index contributed by atoms with van der Waals surface area (Å²) in [7, 11) is 0. The van der Waals surface area contributed by atoms with Crippen LogP contribution in [-0.2, 0) is 16.7 Å². The van der Waals surface area contributed by atoms with Crippen LogP contribution in [0.1, 0.15) is 16.7 Å². The minimum Gasteiger partial charge on any atom is -0.379 e. The molecule has 98 valence electrons. The Morgan fingerprint density at radius 1 is 1.05 bits per heavy atom. The highest BCUT2D eigenvalue weighted by molar-refractivity contribution is 9.10. The third kappa shape index (κ3) is 2.12. The molecular weight excluding hydrogens is 302 g/mol. The Kier molecular flexibility index (Phi) is 3.44. The normalized spacial score (nSPS) is 16.9. The van der Waals surface area contributed by atoms with Crippen molar-refractivity contribution in [1.82, 2.24) is 0 Å². The van der Waals surface area contributed by atoms with E-state index in [9.17, 15) is 0 Å². The van der Waals surface area contributed by atoms with Gasteiger partial charge in [0.15, 0.2) is 0 Å². The lowest BCUT2D eigenvalue weighted by molar-refractivity contribution is -0.0383. The van der Waals surface area contributed by atoms with Gasteiger partial charge in [-0.1, -0.05) is 58.4 Å². The van der Waals surface area contributed by atoms with Gasteiger partial charge in [0.05, 0.1) is 18.6 Å². The summed E-state index contributed by atoms with van der Waals surface area (Å²) in [6, 6.07) is 16.9. The molecule has 0 unspecified atom stereocenters. The molecule has 0 spiro atoms. The molecule has 0 bridgehead atoms. The van der Waals surface area contributed by atoms with Gasteiger partial charge in [-0.25, -0.2) is 0 Å². The van der Waals surface area contributed by atoms with Crippen molar-refractivity contribution < 1.29 is 4.74 Å². The Bertz CT molecular complexity index is 576. The SMILES string of the molecule is NCc1ccc(C2(c3ccccc3Br)COC2)cc1. The van der Waals surface area contributed by atoms with Gasteiger partial charge in [-0.05, 0) is 22.8 Å². The van der Waals surface area contributed by atoms with E-state index in [2.05, 4.69) is 58.4 Å². The van der Waals surface area contributed by atoms with E-state index in [1.165, 1.54) is 11.1 Å². The molecule has 2 aromatic carbocycles. The van der Waals surface area contributed by atoms with Gasteiger partial charge in [0.1, 0.15) is 0 Å². The molecule has 1 saturated heterocycles. The lowest BCUT2D eigenvalue weighted by Gasteiger charge is -2.43. The molecule has 1 aliphatic rings. The van der Waals surface area contributed by atoms with Crippen molar-refractivity contribution in [3.05, 3.63) is 69.7 Å². The summed E-state index contributed by atoms with van der Waals surface area (Å²) in [6.07, 6.45) is 0. The van der Waals surface area contributed by atoms with Gasteiger partial charge in [0.2, 0.25) is 0 Å². The summed E-state index contributed by atoms with van der Waals surface area (Å²) >= 11 is 3.66. The quantitative estimate of drug-likeness (QED) is 0.943. The molecule has 1 heterocycles. The molecule has 1 fully saturated rings. The van der Waals surface area contributed by atoms with Crippen molar-refractivity contribution in [2.45, 2.75) is 12.0 Å². The molecule has 0 atom stereocenters. The Morgan fingerprint density at radius 3 is 2.26 bits per heavy atom. The van der Waals surface area contributed by atoms with Crippen LogP contribution in [-0.4, -0.2) is 13.2 Å². The standard InChI is InChI=1S/C16H16BrNO/c17-15-4-2-1-3-14(15)16(10-19-11-16)13-7-5-12(9-18)6-8-13/h1-8H,9-11,18H2.